The van der Waals surface area contributed by atoms with Gasteiger partial charge in [0.15, 0.2) is 4.77 Å². The second kappa shape index (κ2) is 5.32. The van der Waals surface area contributed by atoms with Crippen LogP contribution in [0.15, 0.2) is 25.6 Å². The summed E-state index contributed by atoms with van der Waals surface area (Å²) in [6, 6.07) is 0. The highest BCUT2D eigenvalue weighted by Gasteiger charge is 2.11. The van der Waals surface area contributed by atoms with Crippen molar-refractivity contribution in [3.05, 3.63) is 47.7 Å². The van der Waals surface area contributed by atoms with Crippen LogP contribution in [0.1, 0.15) is 5.56 Å². The molecule has 110 valence electrons. The van der Waals surface area contributed by atoms with E-state index in [1.807, 2.05) is 4.98 Å². The quantitative estimate of drug-likeness (QED) is 0.499. The van der Waals surface area contributed by atoms with Gasteiger partial charge < -0.3 is 10.1 Å². The second-order valence-corrected chi connectivity index (χ2v) is 4.52. The van der Waals surface area contributed by atoms with Crippen LogP contribution in [0.25, 0.3) is 0 Å². The van der Waals surface area contributed by atoms with E-state index in [0.29, 0.717) is 0 Å². The Hall–Kier alpha value is -2.75. The molecule has 9 nitrogen and oxygen atoms in total. The van der Waals surface area contributed by atoms with Gasteiger partial charge in [0.25, 0.3) is 11.1 Å². The molecule has 2 aromatic rings. The topological polar surface area (TPSA) is 125 Å². The van der Waals surface area contributed by atoms with Crippen molar-refractivity contribution in [3.63, 3.8) is 0 Å². The van der Waals surface area contributed by atoms with Gasteiger partial charge in [-0.3, -0.25) is 23.7 Å². The molecule has 0 saturated heterocycles. The molecule has 10 heteroatoms. The Morgan fingerprint density at radius 2 is 1.95 bits per heavy atom. The average molecular weight is 309 g/mol. The van der Waals surface area contributed by atoms with E-state index in [-0.39, 0.29) is 21.9 Å². The van der Waals surface area contributed by atoms with Crippen molar-refractivity contribution in [2.75, 3.05) is 0 Å². The van der Waals surface area contributed by atoms with E-state index in [0.717, 1.165) is 17.0 Å². The predicted molar refractivity (Wildman–Crippen MR) is 78.1 cm³/mol. The summed E-state index contributed by atoms with van der Waals surface area (Å²) in [5.41, 5.74) is -2.17. The summed E-state index contributed by atoms with van der Waals surface area (Å²) < 4.78 is 2.53. The van der Waals surface area contributed by atoms with Crippen LogP contribution in [0, 0.1) is 4.77 Å². The molecule has 0 fully saturated rings. The molecule has 0 radical (unpaired) electrons. The minimum absolute atomic E-state index is 0.110. The van der Waals surface area contributed by atoms with Crippen LogP contribution in [0.2, 0.25) is 0 Å². The summed E-state index contributed by atoms with van der Waals surface area (Å²) in [6.07, 6.45) is 2.13. The Morgan fingerprint density at radius 1 is 1.29 bits per heavy atom. The molecule has 0 aliphatic rings. The molecule has 0 unspecified atom stereocenters. The zero-order valence-electron chi connectivity index (χ0n) is 11.1. The molecule has 0 spiro atoms. The van der Waals surface area contributed by atoms with Gasteiger partial charge in [0.1, 0.15) is 11.3 Å². The summed E-state index contributed by atoms with van der Waals surface area (Å²) in [7, 11) is 2.94. The fourth-order valence-corrected chi connectivity index (χ4v) is 1.77. The summed E-state index contributed by atoms with van der Waals surface area (Å²) >= 11 is 4.97. The first-order valence-corrected chi connectivity index (χ1v) is 6.09. The minimum atomic E-state index is -0.712. The van der Waals surface area contributed by atoms with E-state index in [2.05, 4.69) is 9.98 Å². The van der Waals surface area contributed by atoms with Crippen molar-refractivity contribution in [2.45, 2.75) is 0 Å². The molecular formula is C11H11N5O4S. The van der Waals surface area contributed by atoms with Crippen molar-refractivity contribution in [2.24, 2.45) is 19.1 Å². The first kappa shape index (κ1) is 14.7. The highest BCUT2D eigenvalue weighted by atomic mass is 32.1. The third-order valence-electron chi connectivity index (χ3n) is 2.80. The zero-order chi connectivity index (χ0) is 15.7. The largest absolute Gasteiger partial charge is 0.494 e. The van der Waals surface area contributed by atoms with Gasteiger partial charge in [-0.2, -0.15) is 0 Å². The van der Waals surface area contributed by atoms with E-state index < -0.39 is 16.8 Å². The Bertz CT molecular complexity index is 962. The number of rotatable bonds is 2. The Labute approximate surface area is 121 Å². The molecule has 2 heterocycles. The minimum Gasteiger partial charge on any atom is -0.494 e. The van der Waals surface area contributed by atoms with Gasteiger partial charge in [-0.15, -0.1) is 0 Å². The van der Waals surface area contributed by atoms with E-state index >= 15 is 0 Å². The normalized spacial score (nSPS) is 11.1. The maximum atomic E-state index is 12.0. The van der Waals surface area contributed by atoms with Crippen molar-refractivity contribution >= 4 is 24.1 Å². The fraction of sp³-hybridized carbons (Fsp3) is 0.182. The third kappa shape index (κ3) is 2.60. The molecule has 0 bridgehead atoms. The molecule has 2 rings (SSSR count). The van der Waals surface area contributed by atoms with Crippen LogP contribution in [0.5, 0.6) is 5.88 Å². The standard InChI is InChI=1S/C11H11N5O4S/c1-15-8(18)5(9(19)16(2)11(15)21)3-12-6-4-13-10(20)14-7(6)17/h3-4,18H,1-2H3,(H2,13,14,17,20). The average Bonchev–Trinajstić information content (AvgIpc) is 2.45. The maximum absolute atomic E-state index is 12.0. The van der Waals surface area contributed by atoms with Crippen LogP contribution in [-0.2, 0) is 14.1 Å². The highest BCUT2D eigenvalue weighted by molar-refractivity contribution is 7.71. The van der Waals surface area contributed by atoms with Gasteiger partial charge >= 0.3 is 5.69 Å². The zero-order valence-corrected chi connectivity index (χ0v) is 11.9. The van der Waals surface area contributed by atoms with E-state index in [1.54, 1.807) is 0 Å². The molecular weight excluding hydrogens is 298 g/mol. The lowest BCUT2D eigenvalue weighted by atomic mass is 10.3. The van der Waals surface area contributed by atoms with E-state index in [1.165, 1.54) is 18.7 Å². The number of nitrogens with one attached hydrogen (secondary N) is 2. The summed E-state index contributed by atoms with van der Waals surface area (Å²) in [6.45, 7) is 0. The molecule has 0 amide bonds. The Kier molecular flexibility index (Phi) is 3.72. The summed E-state index contributed by atoms with van der Waals surface area (Å²) in [5.74, 6) is -0.368. The smallest absolute Gasteiger partial charge is 0.325 e. The number of H-pyrrole nitrogens is 2. The van der Waals surface area contributed by atoms with Gasteiger partial charge in [0.05, 0.1) is 0 Å². The molecule has 0 aromatic carbocycles. The van der Waals surface area contributed by atoms with Gasteiger partial charge in [-0.1, -0.05) is 0 Å². The first-order chi connectivity index (χ1) is 9.82. The van der Waals surface area contributed by atoms with Gasteiger partial charge in [0, 0.05) is 26.5 Å². The van der Waals surface area contributed by atoms with Crippen molar-refractivity contribution in [1.82, 2.24) is 19.1 Å². The molecule has 0 aliphatic heterocycles. The number of aromatic hydroxyl groups is 1. The van der Waals surface area contributed by atoms with E-state index in [9.17, 15) is 19.5 Å². The molecule has 2 aromatic heterocycles. The highest BCUT2D eigenvalue weighted by Crippen LogP contribution is 2.11. The van der Waals surface area contributed by atoms with Gasteiger partial charge in [0.2, 0.25) is 5.88 Å². The molecule has 0 atom stereocenters. The number of nitrogens with zero attached hydrogens (tertiary/aromatic N) is 3. The summed E-state index contributed by atoms with van der Waals surface area (Å²) in [5, 5.41) is 9.92. The number of hydrogen-bond acceptors (Lipinski definition) is 6. The lowest BCUT2D eigenvalue weighted by Gasteiger charge is -2.08. The second-order valence-electron chi connectivity index (χ2n) is 4.16. The summed E-state index contributed by atoms with van der Waals surface area (Å²) in [4.78, 5) is 42.4. The lowest BCUT2D eigenvalue weighted by Crippen LogP contribution is -2.25. The van der Waals surface area contributed by atoms with Crippen LogP contribution in [0.3, 0.4) is 0 Å². The third-order valence-corrected chi connectivity index (χ3v) is 3.35. The van der Waals surface area contributed by atoms with E-state index in [4.69, 9.17) is 12.2 Å². The maximum Gasteiger partial charge on any atom is 0.325 e. The Morgan fingerprint density at radius 3 is 2.57 bits per heavy atom. The monoisotopic (exact) mass is 309 g/mol. The van der Waals surface area contributed by atoms with Crippen molar-refractivity contribution in [1.29, 1.82) is 0 Å². The number of aliphatic imine (C=N–C) groups is 1. The van der Waals surface area contributed by atoms with Crippen LogP contribution in [0.4, 0.5) is 5.69 Å². The van der Waals surface area contributed by atoms with Crippen molar-refractivity contribution < 1.29 is 5.11 Å². The molecule has 0 aliphatic carbocycles. The molecule has 0 saturated carbocycles. The number of aromatic nitrogens is 4. The fourth-order valence-electron chi connectivity index (χ4n) is 1.61. The molecule has 21 heavy (non-hydrogen) atoms. The van der Waals surface area contributed by atoms with Crippen LogP contribution >= 0.6 is 12.2 Å². The lowest BCUT2D eigenvalue weighted by molar-refractivity contribution is 0.415. The number of aromatic amines is 2. The SMILES string of the molecule is Cn1c(O)c(C=Nc2c[nH]c(=O)[nH]c2=O)c(=O)n(C)c1=S. The van der Waals surface area contributed by atoms with Gasteiger partial charge in [-0.05, 0) is 12.2 Å². The molecule has 3 N–H and O–H groups in total. The first-order valence-electron chi connectivity index (χ1n) is 5.68. The van der Waals surface area contributed by atoms with Crippen LogP contribution in [-0.4, -0.2) is 30.4 Å². The Balaban J connectivity index is 2.62. The predicted octanol–water partition coefficient (Wildman–Crippen LogP) is -0.714. The van der Waals surface area contributed by atoms with Gasteiger partial charge in [-0.25, -0.2) is 9.79 Å². The van der Waals surface area contributed by atoms with Crippen LogP contribution < -0.4 is 16.8 Å². The van der Waals surface area contributed by atoms with Crippen molar-refractivity contribution in [3.8, 4) is 5.88 Å². The number of hydrogen-bond donors (Lipinski definition) is 3.